The lowest BCUT2D eigenvalue weighted by Crippen LogP contribution is -2.49. The van der Waals surface area contributed by atoms with Gasteiger partial charge in [0, 0.05) is 49.3 Å². The van der Waals surface area contributed by atoms with Crippen LogP contribution in [0.3, 0.4) is 0 Å². The highest BCUT2D eigenvalue weighted by molar-refractivity contribution is 6.02. The fraction of sp³-hybridized carbons (Fsp3) is 0.423. The van der Waals surface area contributed by atoms with Gasteiger partial charge in [-0.25, -0.2) is 0 Å². The number of hydrogen-bond donors (Lipinski definition) is 0. The van der Waals surface area contributed by atoms with Crippen LogP contribution in [0.15, 0.2) is 36.4 Å². The van der Waals surface area contributed by atoms with Crippen LogP contribution in [0.4, 0.5) is 5.69 Å². The molecule has 0 aliphatic carbocycles. The minimum Gasteiger partial charge on any atom is -0.494 e. The molecule has 0 saturated carbocycles. The molecule has 0 radical (unpaired) electrons. The van der Waals surface area contributed by atoms with Gasteiger partial charge in [0.05, 0.1) is 6.61 Å². The Balaban J connectivity index is 1.59. The lowest BCUT2D eigenvalue weighted by atomic mass is 10.1. The standard InChI is InChI=1S/C26H33N3O2/c1-6-29-24-12-11-21(31-7-2)17-22(24)20(5)25(29)26(30)28-15-13-27(14-16-28)23-10-8-9-18(3)19(23)4/h8-12,17H,6-7,13-16H2,1-5H3. The molecule has 31 heavy (non-hydrogen) atoms. The topological polar surface area (TPSA) is 37.7 Å². The maximum Gasteiger partial charge on any atom is 0.270 e. The van der Waals surface area contributed by atoms with Gasteiger partial charge in [0.2, 0.25) is 0 Å². The first kappa shape index (κ1) is 21.3. The van der Waals surface area contributed by atoms with Gasteiger partial charge >= 0.3 is 0 Å². The highest BCUT2D eigenvalue weighted by Gasteiger charge is 2.28. The Bertz CT molecular complexity index is 1110. The molecule has 0 atom stereocenters. The quantitative estimate of drug-likeness (QED) is 0.587. The fourth-order valence-electron chi connectivity index (χ4n) is 4.74. The third-order valence-corrected chi connectivity index (χ3v) is 6.60. The summed E-state index contributed by atoms with van der Waals surface area (Å²) in [4.78, 5) is 18.0. The number of hydrogen-bond acceptors (Lipinski definition) is 3. The number of aryl methyl sites for hydroxylation is 3. The molecule has 4 rings (SSSR count). The molecule has 0 spiro atoms. The largest absolute Gasteiger partial charge is 0.494 e. The summed E-state index contributed by atoms with van der Waals surface area (Å²) in [5.41, 5.74) is 6.88. The van der Waals surface area contributed by atoms with Crippen molar-refractivity contribution in [3.05, 3.63) is 58.8 Å². The first-order valence-electron chi connectivity index (χ1n) is 11.3. The third kappa shape index (κ3) is 3.78. The monoisotopic (exact) mass is 419 g/mol. The van der Waals surface area contributed by atoms with Crippen molar-refractivity contribution in [2.24, 2.45) is 0 Å². The molecule has 0 unspecified atom stereocenters. The summed E-state index contributed by atoms with van der Waals surface area (Å²) >= 11 is 0. The van der Waals surface area contributed by atoms with Gasteiger partial charge < -0.3 is 19.1 Å². The van der Waals surface area contributed by atoms with E-state index < -0.39 is 0 Å². The Labute approximate surface area is 185 Å². The molecule has 164 valence electrons. The van der Waals surface area contributed by atoms with E-state index in [9.17, 15) is 4.79 Å². The van der Waals surface area contributed by atoms with Crippen molar-refractivity contribution < 1.29 is 9.53 Å². The summed E-state index contributed by atoms with van der Waals surface area (Å²) in [6, 6.07) is 12.6. The van der Waals surface area contributed by atoms with E-state index in [-0.39, 0.29) is 5.91 Å². The maximum atomic E-state index is 13.6. The van der Waals surface area contributed by atoms with Gasteiger partial charge in [0.25, 0.3) is 5.91 Å². The predicted molar refractivity (Wildman–Crippen MR) is 128 cm³/mol. The minimum absolute atomic E-state index is 0.133. The van der Waals surface area contributed by atoms with Crippen molar-refractivity contribution in [2.45, 2.75) is 41.2 Å². The van der Waals surface area contributed by atoms with Crippen molar-refractivity contribution in [3.63, 3.8) is 0 Å². The number of ether oxygens (including phenoxy) is 1. The van der Waals surface area contributed by atoms with Gasteiger partial charge in [-0.15, -0.1) is 0 Å². The van der Waals surface area contributed by atoms with Gasteiger partial charge in [0.15, 0.2) is 0 Å². The molecule has 5 nitrogen and oxygen atoms in total. The SMILES string of the molecule is CCOc1ccc2c(c1)c(C)c(C(=O)N1CCN(c3cccc(C)c3C)CC1)n2CC. The molecule has 1 aliphatic heterocycles. The lowest BCUT2D eigenvalue weighted by Gasteiger charge is -2.37. The Morgan fingerprint density at radius 1 is 0.968 bits per heavy atom. The van der Waals surface area contributed by atoms with Crippen molar-refractivity contribution in [3.8, 4) is 5.75 Å². The lowest BCUT2D eigenvalue weighted by molar-refractivity contribution is 0.0735. The number of rotatable bonds is 5. The number of carbonyl (C=O) groups excluding carboxylic acids is 1. The number of anilines is 1. The van der Waals surface area contributed by atoms with Crippen molar-refractivity contribution in [1.82, 2.24) is 9.47 Å². The summed E-state index contributed by atoms with van der Waals surface area (Å²) < 4.78 is 7.84. The average molecular weight is 420 g/mol. The first-order chi connectivity index (χ1) is 15.0. The van der Waals surface area contributed by atoms with Gasteiger partial charge in [-0.2, -0.15) is 0 Å². The molecule has 5 heteroatoms. The van der Waals surface area contributed by atoms with Crippen molar-refractivity contribution in [2.75, 3.05) is 37.7 Å². The number of piperazine rings is 1. The van der Waals surface area contributed by atoms with Crippen molar-refractivity contribution >= 4 is 22.5 Å². The molecule has 1 aromatic heterocycles. The Hall–Kier alpha value is -2.95. The van der Waals surface area contributed by atoms with E-state index in [4.69, 9.17) is 4.74 Å². The molecule has 3 aromatic rings. The van der Waals surface area contributed by atoms with Crippen LogP contribution in [0.5, 0.6) is 5.75 Å². The summed E-state index contributed by atoms with van der Waals surface area (Å²) in [7, 11) is 0. The molecule has 2 heterocycles. The molecule has 1 aliphatic rings. The minimum atomic E-state index is 0.133. The van der Waals surface area contributed by atoms with Crippen molar-refractivity contribution in [1.29, 1.82) is 0 Å². The zero-order chi connectivity index (χ0) is 22.1. The molecule has 1 fully saturated rings. The van der Waals surface area contributed by atoms with Crippen LogP contribution in [0, 0.1) is 20.8 Å². The average Bonchev–Trinajstić information content (AvgIpc) is 3.07. The number of nitrogens with zero attached hydrogens (tertiary/aromatic N) is 3. The van der Waals surface area contributed by atoms with Gasteiger partial charge in [-0.3, -0.25) is 4.79 Å². The number of benzene rings is 2. The molecule has 1 amide bonds. The Morgan fingerprint density at radius 2 is 1.71 bits per heavy atom. The van der Waals surface area contributed by atoms with Gasteiger partial charge in [0.1, 0.15) is 11.4 Å². The van der Waals surface area contributed by atoms with E-state index in [1.165, 1.54) is 16.8 Å². The van der Waals surface area contributed by atoms with Crippen LogP contribution >= 0.6 is 0 Å². The molecular weight excluding hydrogens is 386 g/mol. The second-order valence-corrected chi connectivity index (χ2v) is 8.33. The summed E-state index contributed by atoms with van der Waals surface area (Å²) in [5.74, 6) is 0.988. The highest BCUT2D eigenvalue weighted by Crippen LogP contribution is 2.31. The predicted octanol–water partition coefficient (Wildman–Crippen LogP) is 4.95. The fourth-order valence-corrected chi connectivity index (χ4v) is 4.74. The smallest absolute Gasteiger partial charge is 0.270 e. The van der Waals surface area contributed by atoms with Crippen LogP contribution in [-0.4, -0.2) is 48.2 Å². The number of carbonyl (C=O) groups is 1. The van der Waals surface area contributed by atoms with Crippen LogP contribution < -0.4 is 9.64 Å². The van der Waals surface area contributed by atoms with Gasteiger partial charge in [-0.05, 0) is 75.6 Å². The normalized spacial score (nSPS) is 14.4. The zero-order valence-corrected chi connectivity index (χ0v) is 19.4. The van der Waals surface area contributed by atoms with Crippen LogP contribution in [-0.2, 0) is 6.54 Å². The summed E-state index contributed by atoms with van der Waals surface area (Å²) in [5, 5.41) is 1.10. The van der Waals surface area contributed by atoms with E-state index in [2.05, 4.69) is 67.5 Å². The molecule has 0 N–H and O–H groups in total. The van der Waals surface area contributed by atoms with E-state index in [1.54, 1.807) is 0 Å². The Kier molecular flexibility index (Phi) is 5.94. The highest BCUT2D eigenvalue weighted by atomic mass is 16.5. The molecule has 1 saturated heterocycles. The van der Waals surface area contributed by atoms with E-state index >= 15 is 0 Å². The molecular formula is C26H33N3O2. The van der Waals surface area contributed by atoms with E-state index in [1.807, 2.05) is 17.9 Å². The molecule has 0 bridgehead atoms. The van der Waals surface area contributed by atoms with Crippen LogP contribution in [0.2, 0.25) is 0 Å². The zero-order valence-electron chi connectivity index (χ0n) is 19.4. The number of aromatic nitrogens is 1. The van der Waals surface area contributed by atoms with Crippen LogP contribution in [0.25, 0.3) is 10.9 Å². The summed E-state index contributed by atoms with van der Waals surface area (Å²) in [6.45, 7) is 15.1. The summed E-state index contributed by atoms with van der Waals surface area (Å²) in [6.07, 6.45) is 0. The number of amides is 1. The Morgan fingerprint density at radius 3 is 2.39 bits per heavy atom. The second kappa shape index (κ2) is 8.66. The van der Waals surface area contributed by atoms with Crippen LogP contribution in [0.1, 0.15) is 41.0 Å². The van der Waals surface area contributed by atoms with Gasteiger partial charge in [-0.1, -0.05) is 12.1 Å². The number of fused-ring (bicyclic) bond motifs is 1. The maximum absolute atomic E-state index is 13.6. The van der Waals surface area contributed by atoms with E-state index in [0.717, 1.165) is 60.6 Å². The second-order valence-electron chi connectivity index (χ2n) is 8.33. The third-order valence-electron chi connectivity index (χ3n) is 6.60. The first-order valence-corrected chi connectivity index (χ1v) is 11.3. The molecule has 2 aromatic carbocycles. The van der Waals surface area contributed by atoms with E-state index in [0.29, 0.717) is 6.61 Å².